The van der Waals surface area contributed by atoms with Crippen LogP contribution in [0.3, 0.4) is 0 Å². The summed E-state index contributed by atoms with van der Waals surface area (Å²) >= 11 is 1.38. The van der Waals surface area contributed by atoms with E-state index in [0.717, 1.165) is 22.6 Å². The number of morpholine rings is 1. The van der Waals surface area contributed by atoms with Crippen LogP contribution in [-0.4, -0.2) is 50.7 Å². The van der Waals surface area contributed by atoms with E-state index in [0.29, 0.717) is 0 Å². The normalized spacial score (nSPS) is 15.4. The van der Waals surface area contributed by atoms with Gasteiger partial charge in [0.05, 0.1) is 19.0 Å². The number of thioether (sulfide) groups is 1. The summed E-state index contributed by atoms with van der Waals surface area (Å²) in [5.74, 6) is -0.985. The molecule has 1 N–H and O–H groups in total. The molecule has 0 saturated carbocycles. The summed E-state index contributed by atoms with van der Waals surface area (Å²) in [7, 11) is -3.99. The molecule has 1 aliphatic rings. The van der Waals surface area contributed by atoms with Crippen LogP contribution in [0.25, 0.3) is 0 Å². The first-order valence-corrected chi connectivity index (χ1v) is 11.2. The zero-order chi connectivity index (χ0) is 20.1. The number of aryl methyl sites for hydroxylation is 1. The number of carbonyl (C=O) groups is 1. The fourth-order valence-electron chi connectivity index (χ4n) is 2.76. The average molecular weight is 425 g/mol. The number of rotatable bonds is 6. The van der Waals surface area contributed by atoms with Gasteiger partial charge >= 0.3 is 0 Å². The van der Waals surface area contributed by atoms with Crippen LogP contribution >= 0.6 is 11.8 Å². The Morgan fingerprint density at radius 3 is 2.64 bits per heavy atom. The number of amides is 1. The lowest BCUT2D eigenvalue weighted by atomic mass is 10.2. The van der Waals surface area contributed by atoms with Crippen LogP contribution in [0.4, 0.5) is 10.1 Å². The molecule has 3 rings (SSSR count). The minimum atomic E-state index is -3.99. The number of nitrogens with one attached hydrogen (secondary N) is 1. The van der Waals surface area contributed by atoms with Crippen LogP contribution in [0.2, 0.25) is 0 Å². The first-order valence-electron chi connectivity index (χ1n) is 8.73. The van der Waals surface area contributed by atoms with Crippen molar-refractivity contribution in [3.05, 3.63) is 53.8 Å². The molecule has 1 amide bonds. The summed E-state index contributed by atoms with van der Waals surface area (Å²) in [6.45, 7) is 2.85. The van der Waals surface area contributed by atoms with Gasteiger partial charge < -0.3 is 10.1 Å². The van der Waals surface area contributed by atoms with Crippen LogP contribution in [0, 0.1) is 12.7 Å². The lowest BCUT2D eigenvalue weighted by Gasteiger charge is -2.26. The predicted molar refractivity (Wildman–Crippen MR) is 107 cm³/mol. The largest absolute Gasteiger partial charge is 0.379 e. The second-order valence-corrected chi connectivity index (χ2v) is 9.19. The lowest BCUT2D eigenvalue weighted by Crippen LogP contribution is -2.40. The highest BCUT2D eigenvalue weighted by molar-refractivity contribution is 8.00. The molecular formula is C19H21FN2O4S2. The fraction of sp³-hybridized carbons (Fsp3) is 0.316. The molecule has 28 heavy (non-hydrogen) atoms. The minimum Gasteiger partial charge on any atom is -0.379 e. The summed E-state index contributed by atoms with van der Waals surface area (Å²) in [6, 6.07) is 11.3. The predicted octanol–water partition coefficient (Wildman–Crippen LogP) is 2.89. The molecule has 1 fully saturated rings. The van der Waals surface area contributed by atoms with Gasteiger partial charge in [0.1, 0.15) is 10.7 Å². The van der Waals surface area contributed by atoms with E-state index in [9.17, 15) is 17.6 Å². The molecule has 0 atom stereocenters. The van der Waals surface area contributed by atoms with Crippen molar-refractivity contribution in [1.82, 2.24) is 4.31 Å². The Kier molecular flexibility index (Phi) is 6.71. The second-order valence-electron chi connectivity index (χ2n) is 6.26. The lowest BCUT2D eigenvalue weighted by molar-refractivity contribution is -0.113. The van der Waals surface area contributed by atoms with Gasteiger partial charge in [-0.1, -0.05) is 18.2 Å². The van der Waals surface area contributed by atoms with E-state index in [2.05, 4.69) is 5.32 Å². The van der Waals surface area contributed by atoms with Gasteiger partial charge in [-0.15, -0.1) is 11.8 Å². The molecule has 0 radical (unpaired) electrons. The Morgan fingerprint density at radius 1 is 1.21 bits per heavy atom. The van der Waals surface area contributed by atoms with Gasteiger partial charge in [0.15, 0.2) is 0 Å². The molecule has 0 spiro atoms. The first-order chi connectivity index (χ1) is 13.4. The number of hydrogen-bond donors (Lipinski definition) is 1. The number of hydrogen-bond acceptors (Lipinski definition) is 5. The van der Waals surface area contributed by atoms with Gasteiger partial charge in [0.25, 0.3) is 0 Å². The van der Waals surface area contributed by atoms with Crippen LogP contribution in [0.1, 0.15) is 5.56 Å². The number of benzene rings is 2. The Labute approximate surface area is 168 Å². The summed E-state index contributed by atoms with van der Waals surface area (Å²) in [5, 5.41) is 2.64. The summed E-state index contributed by atoms with van der Waals surface area (Å²) in [5.41, 5.74) is 1.31. The van der Waals surface area contributed by atoms with Crippen molar-refractivity contribution in [1.29, 1.82) is 0 Å². The maximum Gasteiger partial charge on any atom is 0.246 e. The van der Waals surface area contributed by atoms with Crippen molar-refractivity contribution in [2.45, 2.75) is 16.7 Å². The van der Waals surface area contributed by atoms with Crippen LogP contribution < -0.4 is 5.32 Å². The SMILES string of the molecule is Cc1ccccc1SCC(=O)Nc1ccc(F)c(S(=O)(=O)N2CCOCC2)c1. The zero-order valence-corrected chi connectivity index (χ0v) is 17.0. The quantitative estimate of drug-likeness (QED) is 0.722. The first kappa shape index (κ1) is 20.8. The molecule has 1 saturated heterocycles. The van der Waals surface area contributed by atoms with Gasteiger partial charge in [0, 0.05) is 23.7 Å². The summed E-state index contributed by atoms with van der Waals surface area (Å²) < 4.78 is 46.0. The topological polar surface area (TPSA) is 75.7 Å². The Morgan fingerprint density at radius 2 is 1.93 bits per heavy atom. The molecule has 150 valence electrons. The molecule has 2 aromatic carbocycles. The van der Waals surface area contributed by atoms with Gasteiger partial charge in [-0.3, -0.25) is 4.79 Å². The maximum atomic E-state index is 14.2. The maximum absolute atomic E-state index is 14.2. The second kappa shape index (κ2) is 9.04. The third kappa shape index (κ3) is 4.91. The third-order valence-electron chi connectivity index (χ3n) is 4.26. The van der Waals surface area contributed by atoms with E-state index >= 15 is 0 Å². The monoisotopic (exact) mass is 424 g/mol. The highest BCUT2D eigenvalue weighted by Crippen LogP contribution is 2.25. The summed E-state index contributed by atoms with van der Waals surface area (Å²) in [6.07, 6.45) is 0. The molecule has 0 aliphatic carbocycles. The van der Waals surface area contributed by atoms with Crippen molar-refractivity contribution in [2.75, 3.05) is 37.4 Å². The van der Waals surface area contributed by atoms with E-state index in [-0.39, 0.29) is 43.7 Å². The molecular weight excluding hydrogens is 403 g/mol. The van der Waals surface area contributed by atoms with Crippen LogP contribution in [0.15, 0.2) is 52.3 Å². The van der Waals surface area contributed by atoms with Crippen LogP contribution in [-0.2, 0) is 19.6 Å². The molecule has 6 nitrogen and oxygen atoms in total. The third-order valence-corrected chi connectivity index (χ3v) is 7.34. The molecule has 1 heterocycles. The van der Waals surface area contributed by atoms with Crippen molar-refractivity contribution in [2.24, 2.45) is 0 Å². The summed E-state index contributed by atoms with van der Waals surface area (Å²) in [4.78, 5) is 12.8. The average Bonchev–Trinajstić information content (AvgIpc) is 2.69. The molecule has 0 aromatic heterocycles. The van der Waals surface area contributed by atoms with Gasteiger partial charge in [-0.2, -0.15) is 4.31 Å². The van der Waals surface area contributed by atoms with E-state index < -0.39 is 20.7 Å². The number of nitrogens with zero attached hydrogens (tertiary/aromatic N) is 1. The standard InChI is InChI=1S/C19H21FN2O4S2/c1-14-4-2-3-5-17(14)27-13-19(23)21-15-6-7-16(20)18(12-15)28(24,25)22-8-10-26-11-9-22/h2-7,12H,8-11,13H2,1H3,(H,21,23). The van der Waals surface area contributed by atoms with Gasteiger partial charge in [0.2, 0.25) is 15.9 Å². The number of sulfonamides is 1. The number of anilines is 1. The smallest absolute Gasteiger partial charge is 0.246 e. The van der Waals surface area contributed by atoms with E-state index in [1.807, 2.05) is 31.2 Å². The highest BCUT2D eigenvalue weighted by atomic mass is 32.2. The number of halogens is 1. The Balaban J connectivity index is 1.70. The highest BCUT2D eigenvalue weighted by Gasteiger charge is 2.29. The number of ether oxygens (including phenoxy) is 1. The van der Waals surface area contributed by atoms with Crippen molar-refractivity contribution < 1.29 is 22.3 Å². The Bertz CT molecular complexity index is 960. The van der Waals surface area contributed by atoms with E-state index in [1.165, 1.54) is 22.1 Å². The zero-order valence-electron chi connectivity index (χ0n) is 15.4. The van der Waals surface area contributed by atoms with Gasteiger partial charge in [-0.05, 0) is 36.8 Å². The van der Waals surface area contributed by atoms with Crippen LogP contribution in [0.5, 0.6) is 0 Å². The molecule has 1 aliphatic heterocycles. The van der Waals surface area contributed by atoms with E-state index in [1.54, 1.807) is 0 Å². The van der Waals surface area contributed by atoms with Crippen molar-refractivity contribution in [3.8, 4) is 0 Å². The molecule has 2 aromatic rings. The van der Waals surface area contributed by atoms with Crippen molar-refractivity contribution in [3.63, 3.8) is 0 Å². The van der Waals surface area contributed by atoms with E-state index in [4.69, 9.17) is 4.74 Å². The van der Waals surface area contributed by atoms with Crippen molar-refractivity contribution >= 4 is 33.4 Å². The minimum absolute atomic E-state index is 0.160. The molecule has 0 bridgehead atoms. The Hall–Kier alpha value is -1.94. The molecule has 0 unspecified atom stereocenters. The fourth-order valence-corrected chi connectivity index (χ4v) is 5.09. The number of carbonyl (C=O) groups excluding carboxylic acids is 1. The van der Waals surface area contributed by atoms with Gasteiger partial charge in [-0.25, -0.2) is 12.8 Å². The molecule has 9 heteroatoms.